The average Bonchev–Trinajstić information content (AvgIpc) is 1.79. The lowest BCUT2D eigenvalue weighted by Gasteiger charge is -2.20. The molecule has 1 unspecified atom stereocenters. The lowest BCUT2D eigenvalue weighted by atomic mass is 10.1. The summed E-state index contributed by atoms with van der Waals surface area (Å²) in [6.07, 6.45) is -0.367. The van der Waals surface area contributed by atoms with Crippen molar-refractivity contribution in [3.05, 3.63) is 0 Å². The first-order valence-electron chi connectivity index (χ1n) is 3.90. The van der Waals surface area contributed by atoms with E-state index in [0.717, 1.165) is 0 Å². The molecule has 0 aliphatic carbocycles. The van der Waals surface area contributed by atoms with E-state index in [0.29, 0.717) is 6.61 Å². The van der Waals surface area contributed by atoms with Crippen LogP contribution in [0.2, 0.25) is 0 Å². The quantitative estimate of drug-likeness (QED) is 0.749. The van der Waals surface area contributed by atoms with Crippen molar-refractivity contribution < 1.29 is 9.53 Å². The summed E-state index contributed by atoms with van der Waals surface area (Å²) in [6.45, 7) is 8.04. The van der Waals surface area contributed by atoms with Crippen LogP contribution in [0.5, 0.6) is 0 Å². The van der Waals surface area contributed by atoms with Gasteiger partial charge in [-0.2, -0.15) is 0 Å². The number of hydrogen-bond acceptors (Lipinski definition) is 2. The summed E-state index contributed by atoms with van der Waals surface area (Å²) in [7, 11) is 0. The monoisotopic (exact) mass is 237 g/mol. The number of carbonyl (C=O) groups excluding carboxylic acids is 1. The molecule has 0 saturated heterocycles. The Hall–Kier alpha value is -0.250. The molecule has 1 atom stereocenters. The Balaban J connectivity index is 3.61. The van der Waals surface area contributed by atoms with Gasteiger partial charge in [0.1, 0.15) is 6.61 Å². The van der Waals surface area contributed by atoms with Crippen LogP contribution in [0.1, 0.15) is 27.7 Å². The summed E-state index contributed by atoms with van der Waals surface area (Å²) in [5.41, 5.74) is -0.230. The van der Waals surface area contributed by atoms with Crippen LogP contribution in [-0.2, 0) is 4.74 Å². The number of nitrogens with one attached hydrogen (secondary N) is 1. The Morgan fingerprint density at radius 1 is 1.58 bits per heavy atom. The number of alkyl halides is 1. The lowest BCUT2D eigenvalue weighted by Crippen LogP contribution is -2.41. The highest BCUT2D eigenvalue weighted by molar-refractivity contribution is 9.09. The number of rotatable bonds is 2. The highest BCUT2D eigenvalue weighted by Crippen LogP contribution is 2.01. The Labute approximate surface area is 82.0 Å². The van der Waals surface area contributed by atoms with Crippen molar-refractivity contribution in [3.8, 4) is 0 Å². The first-order valence-corrected chi connectivity index (χ1v) is 4.82. The summed E-state index contributed by atoms with van der Waals surface area (Å²) >= 11 is 3.28. The van der Waals surface area contributed by atoms with Crippen molar-refractivity contribution in [1.29, 1.82) is 0 Å². The summed E-state index contributed by atoms with van der Waals surface area (Å²) in [6, 6.07) is 0. The first kappa shape index (κ1) is 11.8. The molecular formula is C8H16BrNO2. The van der Waals surface area contributed by atoms with E-state index in [2.05, 4.69) is 21.2 Å². The molecule has 0 radical (unpaired) electrons. The third-order valence-corrected chi connectivity index (χ3v) is 1.19. The first-order chi connectivity index (χ1) is 5.31. The smallest absolute Gasteiger partial charge is 0.407 e. The molecule has 0 rings (SSSR count). The zero-order chi connectivity index (χ0) is 9.78. The van der Waals surface area contributed by atoms with E-state index in [-0.39, 0.29) is 16.5 Å². The van der Waals surface area contributed by atoms with Gasteiger partial charge in [0, 0.05) is 10.4 Å². The van der Waals surface area contributed by atoms with E-state index in [1.165, 1.54) is 0 Å². The molecule has 72 valence electrons. The van der Waals surface area contributed by atoms with E-state index >= 15 is 0 Å². The number of ether oxygens (including phenoxy) is 1. The molecule has 0 spiro atoms. The second-order valence-electron chi connectivity index (χ2n) is 3.75. The Morgan fingerprint density at radius 3 is 2.42 bits per heavy atom. The van der Waals surface area contributed by atoms with Crippen molar-refractivity contribution in [2.24, 2.45) is 0 Å². The standard InChI is InChI=1S/C8H16BrNO2/c1-6(9)5-12-7(11)10-8(2,3)4/h6H,5H2,1-4H3,(H,10,11). The van der Waals surface area contributed by atoms with Crippen molar-refractivity contribution in [2.45, 2.75) is 38.1 Å². The molecule has 0 aromatic carbocycles. The van der Waals surface area contributed by atoms with Gasteiger partial charge in [-0.1, -0.05) is 15.9 Å². The highest BCUT2D eigenvalue weighted by Gasteiger charge is 2.14. The molecule has 0 aromatic heterocycles. The van der Waals surface area contributed by atoms with E-state index in [9.17, 15) is 4.79 Å². The van der Waals surface area contributed by atoms with E-state index in [4.69, 9.17) is 4.74 Å². The third-order valence-electron chi connectivity index (χ3n) is 0.921. The van der Waals surface area contributed by atoms with Crippen LogP contribution in [-0.4, -0.2) is 23.1 Å². The molecule has 12 heavy (non-hydrogen) atoms. The van der Waals surface area contributed by atoms with Crippen LogP contribution >= 0.6 is 15.9 Å². The normalized spacial score (nSPS) is 13.8. The van der Waals surface area contributed by atoms with E-state index in [1.54, 1.807) is 0 Å². The second-order valence-corrected chi connectivity index (χ2v) is 5.32. The summed E-state index contributed by atoms with van der Waals surface area (Å²) in [5, 5.41) is 2.69. The number of alkyl carbamates (subject to hydrolysis) is 1. The molecule has 0 heterocycles. The molecule has 0 bridgehead atoms. The Bertz CT molecular complexity index is 152. The van der Waals surface area contributed by atoms with Gasteiger partial charge in [-0.25, -0.2) is 4.79 Å². The number of hydrogen-bond donors (Lipinski definition) is 1. The van der Waals surface area contributed by atoms with Crippen LogP contribution in [0.15, 0.2) is 0 Å². The number of amides is 1. The Morgan fingerprint density at radius 2 is 2.08 bits per heavy atom. The third kappa shape index (κ3) is 7.85. The predicted octanol–water partition coefficient (Wildman–Crippen LogP) is 2.29. The van der Waals surface area contributed by atoms with E-state index in [1.807, 2.05) is 27.7 Å². The minimum Gasteiger partial charge on any atom is -0.448 e. The van der Waals surface area contributed by atoms with Gasteiger partial charge in [0.25, 0.3) is 0 Å². The van der Waals surface area contributed by atoms with Crippen molar-refractivity contribution >= 4 is 22.0 Å². The topological polar surface area (TPSA) is 38.3 Å². The van der Waals surface area contributed by atoms with E-state index < -0.39 is 0 Å². The zero-order valence-corrected chi connectivity index (χ0v) is 9.56. The zero-order valence-electron chi connectivity index (χ0n) is 7.98. The van der Waals surface area contributed by atoms with Gasteiger partial charge in [-0.05, 0) is 27.7 Å². The maximum Gasteiger partial charge on any atom is 0.407 e. The minimum atomic E-state index is -0.367. The van der Waals surface area contributed by atoms with Gasteiger partial charge in [0.15, 0.2) is 0 Å². The summed E-state index contributed by atoms with van der Waals surface area (Å²) in [4.78, 5) is 11.2. The van der Waals surface area contributed by atoms with Crippen molar-refractivity contribution in [1.82, 2.24) is 5.32 Å². The number of halogens is 1. The summed E-state index contributed by atoms with van der Waals surface area (Å²) in [5.74, 6) is 0. The fraction of sp³-hybridized carbons (Fsp3) is 0.875. The van der Waals surface area contributed by atoms with Gasteiger partial charge in [-0.15, -0.1) is 0 Å². The highest BCUT2D eigenvalue weighted by atomic mass is 79.9. The van der Waals surface area contributed by atoms with Crippen LogP contribution in [0, 0.1) is 0 Å². The molecule has 3 nitrogen and oxygen atoms in total. The molecule has 4 heteroatoms. The average molecular weight is 238 g/mol. The van der Waals surface area contributed by atoms with Gasteiger partial charge in [0.05, 0.1) is 0 Å². The van der Waals surface area contributed by atoms with Crippen molar-refractivity contribution in [3.63, 3.8) is 0 Å². The predicted molar refractivity (Wildman–Crippen MR) is 52.6 cm³/mol. The molecule has 0 saturated carbocycles. The van der Waals surface area contributed by atoms with Gasteiger partial charge >= 0.3 is 6.09 Å². The maximum atomic E-state index is 11.0. The summed E-state index contributed by atoms with van der Waals surface area (Å²) < 4.78 is 4.88. The van der Waals surface area contributed by atoms with Crippen LogP contribution in [0.25, 0.3) is 0 Å². The van der Waals surface area contributed by atoms with Gasteiger partial charge < -0.3 is 10.1 Å². The molecule has 0 fully saturated rings. The minimum absolute atomic E-state index is 0.197. The molecule has 1 N–H and O–H groups in total. The fourth-order valence-corrected chi connectivity index (χ4v) is 0.665. The molecular weight excluding hydrogens is 222 g/mol. The van der Waals surface area contributed by atoms with Crippen LogP contribution < -0.4 is 5.32 Å². The fourth-order valence-electron chi connectivity index (χ4n) is 0.533. The molecule has 0 aliphatic rings. The molecule has 0 aliphatic heterocycles. The molecule has 0 aromatic rings. The molecule has 1 amide bonds. The van der Waals surface area contributed by atoms with Crippen LogP contribution in [0.3, 0.4) is 0 Å². The lowest BCUT2D eigenvalue weighted by molar-refractivity contribution is 0.139. The van der Waals surface area contributed by atoms with Crippen LogP contribution in [0.4, 0.5) is 4.79 Å². The largest absolute Gasteiger partial charge is 0.448 e. The van der Waals surface area contributed by atoms with Crippen molar-refractivity contribution in [2.75, 3.05) is 6.61 Å². The maximum absolute atomic E-state index is 11.0. The second kappa shape index (κ2) is 4.70. The SMILES string of the molecule is CC(Br)COC(=O)NC(C)(C)C. The number of carbonyl (C=O) groups is 1. The van der Waals surface area contributed by atoms with Gasteiger partial charge in [0.2, 0.25) is 0 Å². The van der Waals surface area contributed by atoms with Gasteiger partial charge in [-0.3, -0.25) is 0 Å². The Kier molecular flexibility index (Phi) is 4.60.